The smallest absolute Gasteiger partial charge is 0.309 e. The van der Waals surface area contributed by atoms with E-state index in [0.717, 1.165) is 19.3 Å². The van der Waals surface area contributed by atoms with E-state index in [1.54, 1.807) is 0 Å². The van der Waals surface area contributed by atoms with E-state index in [9.17, 15) is 15.0 Å². The lowest BCUT2D eigenvalue weighted by Crippen LogP contribution is -2.40. The van der Waals surface area contributed by atoms with Gasteiger partial charge in [0.25, 0.3) is 0 Å². The van der Waals surface area contributed by atoms with Gasteiger partial charge >= 0.3 is 5.97 Å². The van der Waals surface area contributed by atoms with Crippen molar-refractivity contribution in [3.8, 4) is 0 Å². The van der Waals surface area contributed by atoms with Gasteiger partial charge < -0.3 is 14.9 Å². The van der Waals surface area contributed by atoms with Crippen molar-refractivity contribution in [3.63, 3.8) is 0 Å². The van der Waals surface area contributed by atoms with E-state index in [-0.39, 0.29) is 12.7 Å². The molecule has 0 bridgehead atoms. The van der Waals surface area contributed by atoms with Crippen LogP contribution in [0.25, 0.3) is 0 Å². The third-order valence-corrected chi connectivity index (χ3v) is 4.23. The normalized spacial score (nSPS) is 29.4. The summed E-state index contributed by atoms with van der Waals surface area (Å²) in [5, 5.41) is 19.6. The summed E-state index contributed by atoms with van der Waals surface area (Å²) < 4.78 is 5.38. The second-order valence-electron chi connectivity index (χ2n) is 6.20. The number of aliphatic hydroxyl groups is 1. The average Bonchev–Trinajstić information content (AvgIpc) is 2.36. The molecule has 1 aliphatic rings. The molecule has 1 rings (SSSR count). The predicted molar refractivity (Wildman–Crippen MR) is 74.0 cm³/mol. The fraction of sp³-hybridized carbons (Fsp3) is 0.933. The van der Waals surface area contributed by atoms with Gasteiger partial charge in [-0.1, -0.05) is 26.2 Å². The van der Waals surface area contributed by atoms with Crippen LogP contribution in [0.2, 0.25) is 0 Å². The number of hydrogen-bond donors (Lipinski definition) is 2. The molecule has 0 heterocycles. The second-order valence-corrected chi connectivity index (χ2v) is 6.20. The average molecular weight is 272 g/mol. The molecule has 3 atom stereocenters. The molecule has 1 fully saturated rings. The number of aliphatic carboxylic acids is 1. The van der Waals surface area contributed by atoms with Crippen LogP contribution in [0.3, 0.4) is 0 Å². The predicted octanol–water partition coefficient (Wildman–Crippen LogP) is 2.83. The van der Waals surface area contributed by atoms with Gasteiger partial charge in [0, 0.05) is 0 Å². The highest BCUT2D eigenvalue weighted by atomic mass is 16.5. The fourth-order valence-electron chi connectivity index (χ4n) is 3.11. The van der Waals surface area contributed by atoms with Crippen molar-refractivity contribution in [3.05, 3.63) is 0 Å². The SMILES string of the molecule is CCC1CCCC(CC(O)COC(C)C)(C(=O)O)C1. The molecule has 0 amide bonds. The summed E-state index contributed by atoms with van der Waals surface area (Å²) >= 11 is 0. The Morgan fingerprint density at radius 3 is 2.68 bits per heavy atom. The molecule has 0 aromatic rings. The molecule has 0 saturated heterocycles. The highest BCUT2D eigenvalue weighted by Gasteiger charge is 2.43. The van der Waals surface area contributed by atoms with Crippen LogP contribution in [0.4, 0.5) is 0 Å². The number of hydrogen-bond acceptors (Lipinski definition) is 3. The summed E-state index contributed by atoms with van der Waals surface area (Å²) in [5.41, 5.74) is -0.751. The van der Waals surface area contributed by atoms with Crippen LogP contribution in [-0.2, 0) is 9.53 Å². The molecule has 112 valence electrons. The summed E-state index contributed by atoms with van der Waals surface area (Å²) in [7, 11) is 0. The molecular formula is C15H28O4. The first-order valence-corrected chi connectivity index (χ1v) is 7.42. The maximum absolute atomic E-state index is 11.7. The van der Waals surface area contributed by atoms with Crippen molar-refractivity contribution in [2.45, 2.75) is 71.5 Å². The Bertz CT molecular complexity index is 290. The summed E-state index contributed by atoms with van der Waals surface area (Å²) in [6.45, 7) is 6.16. The van der Waals surface area contributed by atoms with E-state index >= 15 is 0 Å². The highest BCUT2D eigenvalue weighted by molar-refractivity contribution is 5.74. The summed E-state index contributed by atoms with van der Waals surface area (Å²) in [4.78, 5) is 11.7. The van der Waals surface area contributed by atoms with Crippen molar-refractivity contribution in [1.82, 2.24) is 0 Å². The van der Waals surface area contributed by atoms with Crippen LogP contribution in [0, 0.1) is 11.3 Å². The Hall–Kier alpha value is -0.610. The molecule has 3 unspecified atom stereocenters. The van der Waals surface area contributed by atoms with Crippen molar-refractivity contribution in [2.24, 2.45) is 11.3 Å². The van der Waals surface area contributed by atoms with Gasteiger partial charge in [0.1, 0.15) is 0 Å². The van der Waals surface area contributed by atoms with Gasteiger partial charge in [-0.3, -0.25) is 4.79 Å². The van der Waals surface area contributed by atoms with E-state index in [0.29, 0.717) is 25.2 Å². The first-order valence-electron chi connectivity index (χ1n) is 7.42. The van der Waals surface area contributed by atoms with Crippen LogP contribution in [0.1, 0.15) is 59.3 Å². The van der Waals surface area contributed by atoms with Crippen molar-refractivity contribution >= 4 is 5.97 Å². The molecule has 1 saturated carbocycles. The zero-order valence-electron chi connectivity index (χ0n) is 12.4. The lowest BCUT2D eigenvalue weighted by molar-refractivity contribution is -0.155. The topological polar surface area (TPSA) is 66.8 Å². The van der Waals surface area contributed by atoms with Crippen molar-refractivity contribution in [2.75, 3.05) is 6.61 Å². The van der Waals surface area contributed by atoms with Gasteiger partial charge in [-0.25, -0.2) is 0 Å². The largest absolute Gasteiger partial charge is 0.481 e. The van der Waals surface area contributed by atoms with Crippen LogP contribution >= 0.6 is 0 Å². The maximum Gasteiger partial charge on any atom is 0.309 e. The van der Waals surface area contributed by atoms with Gasteiger partial charge in [0.2, 0.25) is 0 Å². The minimum Gasteiger partial charge on any atom is -0.481 e. The van der Waals surface area contributed by atoms with E-state index in [2.05, 4.69) is 6.92 Å². The molecule has 0 aromatic heterocycles. The number of rotatable bonds is 7. The third-order valence-electron chi connectivity index (χ3n) is 4.23. The standard InChI is InChI=1S/C15H28O4/c1-4-12-6-5-7-15(8-12,14(17)18)9-13(16)10-19-11(2)3/h11-13,16H,4-10H2,1-3H3,(H,17,18). The Morgan fingerprint density at radius 1 is 1.47 bits per heavy atom. The first kappa shape index (κ1) is 16.4. The van der Waals surface area contributed by atoms with Gasteiger partial charge in [-0.05, 0) is 39.0 Å². The van der Waals surface area contributed by atoms with E-state index in [1.165, 1.54) is 0 Å². The molecule has 0 radical (unpaired) electrons. The number of carbonyl (C=O) groups is 1. The van der Waals surface area contributed by atoms with Crippen molar-refractivity contribution in [1.29, 1.82) is 0 Å². The zero-order chi connectivity index (χ0) is 14.5. The summed E-state index contributed by atoms with van der Waals surface area (Å²) in [6.07, 6.45) is 4.14. The lowest BCUT2D eigenvalue weighted by Gasteiger charge is -2.38. The van der Waals surface area contributed by atoms with E-state index in [1.807, 2.05) is 13.8 Å². The monoisotopic (exact) mass is 272 g/mol. The minimum atomic E-state index is -0.755. The number of aliphatic hydroxyl groups excluding tert-OH is 1. The zero-order valence-corrected chi connectivity index (χ0v) is 12.4. The molecular weight excluding hydrogens is 244 g/mol. The maximum atomic E-state index is 11.7. The van der Waals surface area contributed by atoms with Gasteiger partial charge in [-0.15, -0.1) is 0 Å². The van der Waals surface area contributed by atoms with Gasteiger partial charge in [0.15, 0.2) is 0 Å². The molecule has 4 nitrogen and oxygen atoms in total. The van der Waals surface area contributed by atoms with Crippen LogP contribution in [-0.4, -0.2) is 35.0 Å². The van der Waals surface area contributed by atoms with Gasteiger partial charge in [0.05, 0.1) is 24.2 Å². The van der Waals surface area contributed by atoms with Gasteiger partial charge in [-0.2, -0.15) is 0 Å². The first-order chi connectivity index (χ1) is 8.89. The van der Waals surface area contributed by atoms with Crippen LogP contribution in [0.5, 0.6) is 0 Å². The van der Waals surface area contributed by atoms with E-state index in [4.69, 9.17) is 4.74 Å². The molecule has 19 heavy (non-hydrogen) atoms. The third kappa shape index (κ3) is 4.77. The molecule has 1 aliphatic carbocycles. The van der Waals surface area contributed by atoms with Crippen LogP contribution < -0.4 is 0 Å². The number of carboxylic acids is 1. The van der Waals surface area contributed by atoms with Crippen LogP contribution in [0.15, 0.2) is 0 Å². The lowest BCUT2D eigenvalue weighted by atomic mass is 9.66. The Kier molecular flexibility index (Phi) is 6.27. The molecule has 2 N–H and O–H groups in total. The highest BCUT2D eigenvalue weighted by Crippen LogP contribution is 2.44. The molecule has 0 spiro atoms. The Morgan fingerprint density at radius 2 is 2.16 bits per heavy atom. The number of carboxylic acid groups (broad SMARTS) is 1. The second kappa shape index (κ2) is 7.25. The Balaban J connectivity index is 2.63. The fourth-order valence-corrected chi connectivity index (χ4v) is 3.11. The van der Waals surface area contributed by atoms with Crippen molar-refractivity contribution < 1.29 is 19.7 Å². The van der Waals surface area contributed by atoms with E-state index < -0.39 is 17.5 Å². The quantitative estimate of drug-likeness (QED) is 0.748. The molecule has 4 heteroatoms. The summed E-state index contributed by atoms with van der Waals surface area (Å²) in [5.74, 6) is -0.280. The molecule has 0 aromatic carbocycles. The molecule has 0 aliphatic heterocycles. The number of ether oxygens (including phenoxy) is 1. The Labute approximate surface area is 116 Å². The summed E-state index contributed by atoms with van der Waals surface area (Å²) in [6, 6.07) is 0. The minimum absolute atomic E-state index is 0.0603.